The SMILES string of the molecule is CCC(C)[C@@H](N)c1ccc(C)cc1Br. The zero-order valence-corrected chi connectivity index (χ0v) is 10.6. The first-order chi connectivity index (χ1) is 6.56. The molecule has 0 heterocycles. The normalized spacial score (nSPS) is 15.2. The molecule has 14 heavy (non-hydrogen) atoms. The molecule has 0 aliphatic rings. The van der Waals surface area contributed by atoms with Crippen LogP contribution in [-0.2, 0) is 0 Å². The van der Waals surface area contributed by atoms with Gasteiger partial charge >= 0.3 is 0 Å². The van der Waals surface area contributed by atoms with Crippen LogP contribution in [-0.4, -0.2) is 0 Å². The second kappa shape index (κ2) is 4.94. The van der Waals surface area contributed by atoms with Crippen molar-refractivity contribution >= 4 is 15.9 Å². The van der Waals surface area contributed by atoms with Gasteiger partial charge in [0.2, 0.25) is 0 Å². The average molecular weight is 256 g/mol. The average Bonchev–Trinajstić information content (AvgIpc) is 2.15. The molecule has 0 bridgehead atoms. The number of nitrogens with two attached hydrogens (primary N) is 1. The summed E-state index contributed by atoms with van der Waals surface area (Å²) in [5.41, 5.74) is 8.64. The number of benzene rings is 1. The van der Waals surface area contributed by atoms with Crippen LogP contribution < -0.4 is 5.73 Å². The minimum atomic E-state index is 0.134. The molecule has 1 rings (SSSR count). The minimum absolute atomic E-state index is 0.134. The summed E-state index contributed by atoms with van der Waals surface area (Å²) in [6.45, 7) is 6.45. The van der Waals surface area contributed by atoms with Crippen molar-refractivity contribution in [1.82, 2.24) is 0 Å². The van der Waals surface area contributed by atoms with Crippen LogP contribution in [0.5, 0.6) is 0 Å². The molecular formula is C12H18BrN. The quantitative estimate of drug-likeness (QED) is 0.874. The predicted molar refractivity (Wildman–Crippen MR) is 65.3 cm³/mol. The van der Waals surface area contributed by atoms with E-state index in [0.29, 0.717) is 5.92 Å². The maximum absolute atomic E-state index is 6.17. The van der Waals surface area contributed by atoms with E-state index in [2.05, 4.69) is 54.9 Å². The molecule has 2 atom stereocenters. The van der Waals surface area contributed by atoms with E-state index in [1.807, 2.05) is 0 Å². The molecule has 0 saturated heterocycles. The van der Waals surface area contributed by atoms with E-state index in [9.17, 15) is 0 Å². The lowest BCUT2D eigenvalue weighted by molar-refractivity contribution is 0.455. The second-order valence-corrected chi connectivity index (χ2v) is 4.79. The second-order valence-electron chi connectivity index (χ2n) is 3.94. The molecule has 1 nitrogen and oxygen atoms in total. The highest BCUT2D eigenvalue weighted by molar-refractivity contribution is 9.10. The summed E-state index contributed by atoms with van der Waals surface area (Å²) >= 11 is 3.57. The monoisotopic (exact) mass is 255 g/mol. The first-order valence-corrected chi connectivity index (χ1v) is 5.87. The smallest absolute Gasteiger partial charge is 0.0332 e. The van der Waals surface area contributed by atoms with Crippen LogP contribution in [0.25, 0.3) is 0 Å². The van der Waals surface area contributed by atoms with Crippen molar-refractivity contribution in [2.24, 2.45) is 11.7 Å². The fourth-order valence-electron chi connectivity index (χ4n) is 1.46. The molecule has 2 heteroatoms. The molecule has 2 N–H and O–H groups in total. The molecule has 0 aliphatic carbocycles. The first kappa shape index (κ1) is 11.7. The third-order valence-corrected chi connectivity index (χ3v) is 3.46. The van der Waals surface area contributed by atoms with Crippen LogP contribution in [0.3, 0.4) is 0 Å². The van der Waals surface area contributed by atoms with E-state index in [4.69, 9.17) is 5.73 Å². The van der Waals surface area contributed by atoms with Crippen LogP contribution in [0, 0.1) is 12.8 Å². The van der Waals surface area contributed by atoms with Crippen molar-refractivity contribution in [3.05, 3.63) is 33.8 Å². The molecule has 78 valence electrons. The van der Waals surface area contributed by atoms with Gasteiger partial charge in [-0.3, -0.25) is 0 Å². The van der Waals surface area contributed by atoms with E-state index in [0.717, 1.165) is 10.9 Å². The van der Waals surface area contributed by atoms with Gasteiger partial charge in [0.05, 0.1) is 0 Å². The van der Waals surface area contributed by atoms with Gasteiger partial charge in [-0.25, -0.2) is 0 Å². The maximum atomic E-state index is 6.17. The summed E-state index contributed by atoms with van der Waals surface area (Å²) in [6, 6.07) is 6.49. The van der Waals surface area contributed by atoms with Gasteiger partial charge in [-0.1, -0.05) is 48.3 Å². The Hall–Kier alpha value is -0.340. The largest absolute Gasteiger partial charge is 0.324 e. The Morgan fingerprint density at radius 2 is 2.07 bits per heavy atom. The lowest BCUT2D eigenvalue weighted by atomic mass is 9.93. The number of halogens is 1. The fraction of sp³-hybridized carbons (Fsp3) is 0.500. The van der Waals surface area contributed by atoms with Crippen molar-refractivity contribution in [2.45, 2.75) is 33.2 Å². The summed E-state index contributed by atoms with van der Waals surface area (Å²) < 4.78 is 1.13. The van der Waals surface area contributed by atoms with Crippen LogP contribution in [0.2, 0.25) is 0 Å². The van der Waals surface area contributed by atoms with Crippen molar-refractivity contribution in [1.29, 1.82) is 0 Å². The Labute approximate surface area is 94.8 Å². The standard InChI is InChI=1S/C12H18BrN/c1-4-9(3)12(14)10-6-5-8(2)7-11(10)13/h5-7,9,12H,4,14H2,1-3H3/t9?,12-/m1/s1. The number of hydrogen-bond acceptors (Lipinski definition) is 1. The van der Waals surface area contributed by atoms with Gasteiger partial charge in [0, 0.05) is 10.5 Å². The minimum Gasteiger partial charge on any atom is -0.324 e. The Bertz CT molecular complexity index is 309. The van der Waals surface area contributed by atoms with Gasteiger partial charge in [-0.2, -0.15) is 0 Å². The van der Waals surface area contributed by atoms with Crippen molar-refractivity contribution in [2.75, 3.05) is 0 Å². The van der Waals surface area contributed by atoms with Gasteiger partial charge in [-0.15, -0.1) is 0 Å². The van der Waals surface area contributed by atoms with Crippen LogP contribution in [0.1, 0.15) is 37.4 Å². The molecule has 1 aromatic carbocycles. The van der Waals surface area contributed by atoms with E-state index in [1.165, 1.54) is 11.1 Å². The van der Waals surface area contributed by atoms with Gasteiger partial charge in [-0.05, 0) is 30.0 Å². The molecular weight excluding hydrogens is 238 g/mol. The maximum Gasteiger partial charge on any atom is 0.0332 e. The third kappa shape index (κ3) is 2.58. The summed E-state index contributed by atoms with van der Waals surface area (Å²) in [7, 11) is 0. The van der Waals surface area contributed by atoms with E-state index >= 15 is 0 Å². The lowest BCUT2D eigenvalue weighted by Gasteiger charge is -2.20. The predicted octanol–water partition coefficient (Wildman–Crippen LogP) is 3.80. The Kier molecular flexibility index (Phi) is 4.14. The first-order valence-electron chi connectivity index (χ1n) is 5.08. The highest BCUT2D eigenvalue weighted by Gasteiger charge is 2.15. The van der Waals surface area contributed by atoms with E-state index in [-0.39, 0.29) is 6.04 Å². The zero-order chi connectivity index (χ0) is 10.7. The Morgan fingerprint density at radius 3 is 2.57 bits per heavy atom. The fourth-order valence-corrected chi connectivity index (χ4v) is 2.22. The summed E-state index contributed by atoms with van der Waals surface area (Å²) in [5.74, 6) is 0.522. The number of aryl methyl sites for hydroxylation is 1. The molecule has 0 fully saturated rings. The van der Waals surface area contributed by atoms with Gasteiger partial charge in [0.25, 0.3) is 0 Å². The topological polar surface area (TPSA) is 26.0 Å². The van der Waals surface area contributed by atoms with Gasteiger partial charge in [0.15, 0.2) is 0 Å². The summed E-state index contributed by atoms with van der Waals surface area (Å²) in [4.78, 5) is 0. The van der Waals surface area contributed by atoms with E-state index in [1.54, 1.807) is 0 Å². The number of hydrogen-bond donors (Lipinski definition) is 1. The van der Waals surface area contributed by atoms with Crippen LogP contribution >= 0.6 is 15.9 Å². The van der Waals surface area contributed by atoms with Crippen LogP contribution in [0.15, 0.2) is 22.7 Å². The molecule has 0 saturated carbocycles. The summed E-state index contributed by atoms with van der Waals surface area (Å²) in [6.07, 6.45) is 1.11. The van der Waals surface area contributed by atoms with Crippen molar-refractivity contribution in [3.8, 4) is 0 Å². The highest BCUT2D eigenvalue weighted by atomic mass is 79.9. The highest BCUT2D eigenvalue weighted by Crippen LogP contribution is 2.28. The lowest BCUT2D eigenvalue weighted by Crippen LogP contribution is -2.18. The molecule has 1 unspecified atom stereocenters. The van der Waals surface area contributed by atoms with Crippen LogP contribution in [0.4, 0.5) is 0 Å². The summed E-state index contributed by atoms with van der Waals surface area (Å²) in [5, 5.41) is 0. The third-order valence-electron chi connectivity index (χ3n) is 2.77. The Morgan fingerprint density at radius 1 is 1.43 bits per heavy atom. The molecule has 0 amide bonds. The van der Waals surface area contributed by atoms with E-state index < -0.39 is 0 Å². The number of rotatable bonds is 3. The molecule has 0 aliphatic heterocycles. The van der Waals surface area contributed by atoms with Crippen molar-refractivity contribution < 1.29 is 0 Å². The molecule has 0 spiro atoms. The molecule has 0 aromatic heterocycles. The van der Waals surface area contributed by atoms with Gasteiger partial charge < -0.3 is 5.73 Å². The molecule has 1 aromatic rings. The zero-order valence-electron chi connectivity index (χ0n) is 9.05. The van der Waals surface area contributed by atoms with Crippen molar-refractivity contribution in [3.63, 3.8) is 0 Å². The molecule has 0 radical (unpaired) electrons. The Balaban J connectivity index is 2.95. The van der Waals surface area contributed by atoms with Gasteiger partial charge in [0.1, 0.15) is 0 Å².